The summed E-state index contributed by atoms with van der Waals surface area (Å²) in [6, 6.07) is 10.3. The van der Waals surface area contributed by atoms with Gasteiger partial charge in [-0.15, -0.1) is 11.3 Å². The number of aromatic nitrogens is 1. The fraction of sp³-hybridized carbons (Fsp3) is 0.407. The maximum absolute atomic E-state index is 13.8. The number of fused-ring (bicyclic) bond motifs is 3. The Balaban J connectivity index is 1.59. The number of carbonyl (C=O) groups excluding carboxylic acids is 2. The van der Waals surface area contributed by atoms with Crippen LogP contribution >= 0.6 is 11.3 Å². The van der Waals surface area contributed by atoms with E-state index in [-0.39, 0.29) is 17.6 Å². The molecule has 7 heteroatoms. The van der Waals surface area contributed by atoms with Crippen LogP contribution in [0.1, 0.15) is 42.2 Å². The third kappa shape index (κ3) is 4.02. The van der Waals surface area contributed by atoms with Crippen LogP contribution in [0.5, 0.6) is 11.5 Å². The lowest BCUT2D eigenvalue weighted by atomic mass is 9.93. The molecule has 1 aromatic carbocycles. The van der Waals surface area contributed by atoms with Crippen LogP contribution in [0.2, 0.25) is 0 Å². The second-order valence-electron chi connectivity index (χ2n) is 9.20. The van der Waals surface area contributed by atoms with Crippen LogP contribution in [0.25, 0.3) is 21.7 Å². The van der Waals surface area contributed by atoms with Crippen molar-refractivity contribution in [2.75, 3.05) is 27.3 Å². The van der Waals surface area contributed by atoms with Crippen molar-refractivity contribution in [2.45, 2.75) is 39.2 Å². The molecule has 0 radical (unpaired) electrons. The number of thiophene rings is 1. The van der Waals surface area contributed by atoms with Crippen LogP contribution in [0, 0.1) is 5.92 Å². The van der Waals surface area contributed by atoms with Crippen molar-refractivity contribution in [2.24, 2.45) is 5.92 Å². The summed E-state index contributed by atoms with van der Waals surface area (Å²) in [7, 11) is 3.30. The molecule has 0 saturated carbocycles. The first kappa shape index (κ1) is 22.7. The van der Waals surface area contributed by atoms with Gasteiger partial charge in [0.2, 0.25) is 0 Å². The smallest absolute Gasteiger partial charge is 0.270 e. The van der Waals surface area contributed by atoms with Crippen LogP contribution in [0.15, 0.2) is 35.7 Å². The van der Waals surface area contributed by atoms with Gasteiger partial charge in [-0.3, -0.25) is 4.79 Å². The van der Waals surface area contributed by atoms with Crippen LogP contribution < -0.4 is 9.47 Å². The molecular weight excluding hydrogens is 448 g/mol. The van der Waals surface area contributed by atoms with Gasteiger partial charge in [-0.2, -0.15) is 0 Å². The van der Waals surface area contributed by atoms with Crippen molar-refractivity contribution >= 4 is 23.0 Å². The van der Waals surface area contributed by atoms with E-state index in [1.165, 1.54) is 5.56 Å². The number of ketones is 1. The first-order valence-corrected chi connectivity index (χ1v) is 12.7. The zero-order valence-corrected chi connectivity index (χ0v) is 20.7. The highest BCUT2D eigenvalue weighted by atomic mass is 32.1. The van der Waals surface area contributed by atoms with Gasteiger partial charge < -0.3 is 23.7 Å². The second kappa shape index (κ2) is 9.29. The van der Waals surface area contributed by atoms with E-state index in [4.69, 9.17) is 9.47 Å². The van der Waals surface area contributed by atoms with Crippen molar-refractivity contribution in [3.05, 3.63) is 47.0 Å². The van der Waals surface area contributed by atoms with Gasteiger partial charge in [0.25, 0.3) is 5.91 Å². The summed E-state index contributed by atoms with van der Waals surface area (Å²) >= 11 is 1.68. The number of benzene rings is 1. The lowest BCUT2D eigenvalue weighted by Gasteiger charge is -2.33. The molecule has 178 valence electrons. The lowest BCUT2D eigenvalue weighted by Crippen LogP contribution is -2.41. The summed E-state index contributed by atoms with van der Waals surface area (Å²) in [5.41, 5.74) is 5.13. The Morgan fingerprint density at radius 2 is 1.88 bits per heavy atom. The molecule has 2 aliphatic heterocycles. The molecule has 6 nitrogen and oxygen atoms in total. The van der Waals surface area contributed by atoms with Crippen molar-refractivity contribution in [3.8, 4) is 33.2 Å². The Labute approximate surface area is 204 Å². The molecule has 0 spiro atoms. The van der Waals surface area contributed by atoms with E-state index in [0.717, 1.165) is 65.5 Å². The fourth-order valence-electron chi connectivity index (χ4n) is 5.43. The molecule has 2 aromatic heterocycles. The van der Waals surface area contributed by atoms with Crippen LogP contribution in [-0.2, 0) is 17.8 Å². The zero-order valence-electron chi connectivity index (χ0n) is 19.9. The van der Waals surface area contributed by atoms with E-state index in [0.29, 0.717) is 18.7 Å². The van der Waals surface area contributed by atoms with Gasteiger partial charge >= 0.3 is 0 Å². The van der Waals surface area contributed by atoms with Gasteiger partial charge in [-0.25, -0.2) is 0 Å². The van der Waals surface area contributed by atoms with Crippen LogP contribution in [0.4, 0.5) is 0 Å². The Morgan fingerprint density at radius 3 is 2.59 bits per heavy atom. The summed E-state index contributed by atoms with van der Waals surface area (Å²) < 4.78 is 13.3. The van der Waals surface area contributed by atoms with Crippen molar-refractivity contribution in [3.63, 3.8) is 0 Å². The first-order chi connectivity index (χ1) is 16.5. The molecule has 1 fully saturated rings. The van der Waals surface area contributed by atoms with Gasteiger partial charge in [0.1, 0.15) is 11.5 Å². The highest BCUT2D eigenvalue weighted by molar-refractivity contribution is 7.13. The summed E-state index contributed by atoms with van der Waals surface area (Å²) in [4.78, 5) is 28.6. The number of aryl methyl sites for hydroxylation is 1. The number of nitrogens with zero attached hydrogens (tertiary/aromatic N) is 2. The van der Waals surface area contributed by atoms with Crippen LogP contribution in [0.3, 0.4) is 0 Å². The number of carbonyl (C=O) groups is 2. The number of ether oxygens (including phenoxy) is 2. The monoisotopic (exact) mass is 478 g/mol. The molecule has 5 rings (SSSR count). The van der Waals surface area contributed by atoms with Gasteiger partial charge in [-0.1, -0.05) is 6.07 Å². The minimum Gasteiger partial charge on any atom is -0.493 e. The number of likely N-dealkylation sites (tertiary alicyclic amines) is 1. The topological polar surface area (TPSA) is 60.8 Å². The van der Waals surface area contributed by atoms with Gasteiger partial charge in [0, 0.05) is 42.1 Å². The molecule has 1 atom stereocenters. The normalized spacial score (nSPS) is 17.1. The zero-order chi connectivity index (χ0) is 23.8. The number of Topliss-reactive ketones (excluding diaryl/α,β-unsaturated/α-hetero) is 1. The number of rotatable bonds is 6. The first-order valence-electron chi connectivity index (χ1n) is 11.8. The summed E-state index contributed by atoms with van der Waals surface area (Å²) in [6.07, 6.45) is 3.31. The third-order valence-corrected chi connectivity index (χ3v) is 7.86. The Hall–Kier alpha value is -3.06. The molecule has 0 N–H and O–H groups in total. The molecule has 0 unspecified atom stereocenters. The van der Waals surface area contributed by atoms with Gasteiger partial charge in [0.15, 0.2) is 11.5 Å². The molecule has 0 bridgehead atoms. The maximum Gasteiger partial charge on any atom is 0.270 e. The van der Waals surface area contributed by atoms with Crippen molar-refractivity contribution in [1.29, 1.82) is 0 Å². The maximum atomic E-state index is 13.8. The number of hydrogen-bond donors (Lipinski definition) is 0. The number of piperidine rings is 1. The standard InChI is InChI=1S/C27H30N2O4S/c1-17(30)12-18-6-4-9-28(16-18)27(31)22-14-21(25-7-5-11-34-25)26-20-15-24(33-3)23(32-2)13-19(20)8-10-29(22)26/h5,7,11,13-15,18H,4,6,8-10,12,16H2,1-3H3/t18-/m0/s1. The molecule has 2 aliphatic rings. The highest BCUT2D eigenvalue weighted by Gasteiger charge is 2.32. The SMILES string of the molecule is COc1cc2c(cc1OC)-c1c(-c3cccs3)cc(C(=O)N3CCC[C@@H](CC(C)=O)C3)n1CC2. The minimum absolute atomic E-state index is 0.0567. The minimum atomic E-state index is 0.0567. The quantitative estimate of drug-likeness (QED) is 0.483. The fourth-order valence-corrected chi connectivity index (χ4v) is 6.18. The molecular formula is C27H30N2O4S. The molecule has 0 aliphatic carbocycles. The predicted octanol–water partition coefficient (Wildman–Crippen LogP) is 5.29. The molecule has 3 aromatic rings. The van der Waals surface area contributed by atoms with E-state index in [2.05, 4.69) is 28.1 Å². The Bertz CT molecular complexity index is 1230. The van der Waals surface area contributed by atoms with Crippen molar-refractivity contribution in [1.82, 2.24) is 9.47 Å². The second-order valence-corrected chi connectivity index (χ2v) is 10.1. The Morgan fingerprint density at radius 1 is 1.09 bits per heavy atom. The summed E-state index contributed by atoms with van der Waals surface area (Å²) in [6.45, 7) is 3.76. The molecule has 1 amide bonds. The molecule has 1 saturated heterocycles. The van der Waals surface area contributed by atoms with E-state index >= 15 is 0 Å². The van der Waals surface area contributed by atoms with Gasteiger partial charge in [-0.05, 0) is 67.3 Å². The lowest BCUT2D eigenvalue weighted by molar-refractivity contribution is -0.118. The summed E-state index contributed by atoms with van der Waals surface area (Å²) in [5.74, 6) is 1.91. The summed E-state index contributed by atoms with van der Waals surface area (Å²) in [5, 5.41) is 2.07. The number of hydrogen-bond acceptors (Lipinski definition) is 5. The van der Waals surface area contributed by atoms with E-state index < -0.39 is 0 Å². The van der Waals surface area contributed by atoms with E-state index in [1.807, 2.05) is 17.0 Å². The van der Waals surface area contributed by atoms with Crippen LogP contribution in [-0.4, -0.2) is 48.5 Å². The number of amides is 1. The van der Waals surface area contributed by atoms with Crippen molar-refractivity contribution < 1.29 is 19.1 Å². The van der Waals surface area contributed by atoms with Gasteiger partial charge in [0.05, 0.1) is 19.9 Å². The molecule has 4 heterocycles. The average molecular weight is 479 g/mol. The van der Waals surface area contributed by atoms with E-state index in [1.54, 1.807) is 32.5 Å². The third-order valence-electron chi connectivity index (χ3n) is 6.95. The number of methoxy groups -OCH3 is 2. The largest absolute Gasteiger partial charge is 0.493 e. The van der Waals surface area contributed by atoms with E-state index in [9.17, 15) is 9.59 Å². The average Bonchev–Trinajstić information content (AvgIpc) is 3.50. The Kier molecular flexibility index (Phi) is 6.21. The molecule has 34 heavy (non-hydrogen) atoms. The predicted molar refractivity (Wildman–Crippen MR) is 134 cm³/mol. The highest BCUT2D eigenvalue weighted by Crippen LogP contribution is 2.45.